The fraction of sp³-hybridized carbons (Fsp3) is 0.632. The topological polar surface area (TPSA) is 54.9 Å². The molecular weight excluding hydrogens is 302 g/mol. The van der Waals surface area contributed by atoms with Gasteiger partial charge in [-0.1, -0.05) is 12.1 Å². The minimum Gasteiger partial charge on any atom is -0.491 e. The Balaban J connectivity index is 2.48. The van der Waals surface area contributed by atoms with Crippen molar-refractivity contribution in [3.8, 4) is 5.75 Å². The largest absolute Gasteiger partial charge is 0.491 e. The van der Waals surface area contributed by atoms with Gasteiger partial charge in [0, 0.05) is 32.3 Å². The van der Waals surface area contributed by atoms with E-state index in [9.17, 15) is 0 Å². The summed E-state index contributed by atoms with van der Waals surface area (Å²) in [6, 6.07) is 6.28. The Morgan fingerprint density at radius 1 is 1.12 bits per heavy atom. The molecule has 0 saturated carbocycles. The molecule has 0 atom stereocenters. The maximum Gasteiger partial charge on any atom is 0.191 e. The average Bonchev–Trinajstić information content (AvgIpc) is 2.50. The smallest absolute Gasteiger partial charge is 0.191 e. The molecule has 0 amide bonds. The van der Waals surface area contributed by atoms with Gasteiger partial charge in [-0.2, -0.15) is 0 Å². The molecule has 0 aliphatic rings. The number of hydrogen-bond acceptors (Lipinski definition) is 3. The van der Waals surface area contributed by atoms with Gasteiger partial charge in [0.2, 0.25) is 0 Å². The Morgan fingerprint density at radius 2 is 1.88 bits per heavy atom. The van der Waals surface area contributed by atoms with Crippen molar-refractivity contribution in [1.82, 2.24) is 10.6 Å². The molecule has 0 aliphatic heterocycles. The van der Waals surface area contributed by atoms with E-state index in [1.54, 1.807) is 7.05 Å². The van der Waals surface area contributed by atoms with E-state index in [4.69, 9.17) is 9.47 Å². The first-order valence-corrected chi connectivity index (χ1v) is 8.74. The quantitative estimate of drug-likeness (QED) is 0.413. The molecule has 5 heteroatoms. The molecule has 2 N–H and O–H groups in total. The maximum atomic E-state index is 5.91. The van der Waals surface area contributed by atoms with Crippen molar-refractivity contribution in [2.75, 3.05) is 20.2 Å². The highest BCUT2D eigenvalue weighted by Crippen LogP contribution is 2.21. The van der Waals surface area contributed by atoms with Crippen LogP contribution in [0.1, 0.15) is 45.2 Å². The molecule has 136 valence electrons. The summed E-state index contributed by atoms with van der Waals surface area (Å²) in [7, 11) is 1.78. The molecule has 0 radical (unpaired) electrons. The van der Waals surface area contributed by atoms with Gasteiger partial charge in [-0.3, -0.25) is 4.99 Å². The molecule has 1 rings (SSSR count). The summed E-state index contributed by atoms with van der Waals surface area (Å²) in [5.41, 5.74) is 2.32. The normalized spacial score (nSPS) is 11.9. The molecule has 5 nitrogen and oxygen atoms in total. The number of nitrogens with one attached hydrogen (secondary N) is 2. The number of guanidine groups is 1. The van der Waals surface area contributed by atoms with Gasteiger partial charge in [-0.15, -0.1) is 0 Å². The Labute approximate surface area is 146 Å². The lowest BCUT2D eigenvalue weighted by atomic mass is 10.1. The van der Waals surface area contributed by atoms with Crippen molar-refractivity contribution in [2.45, 2.75) is 59.8 Å². The molecule has 1 aromatic rings. The molecule has 1 aromatic carbocycles. The maximum absolute atomic E-state index is 5.91. The third kappa shape index (κ3) is 8.20. The number of aliphatic imine (C=N–C) groups is 1. The lowest BCUT2D eigenvalue weighted by Crippen LogP contribution is -2.37. The van der Waals surface area contributed by atoms with Crippen molar-refractivity contribution >= 4 is 5.96 Å². The van der Waals surface area contributed by atoms with Gasteiger partial charge in [-0.25, -0.2) is 0 Å². The van der Waals surface area contributed by atoms with Crippen molar-refractivity contribution in [2.24, 2.45) is 4.99 Å². The summed E-state index contributed by atoms with van der Waals surface area (Å²) in [5.74, 6) is 1.72. The number of ether oxygens (including phenoxy) is 2. The molecule has 0 spiro atoms. The van der Waals surface area contributed by atoms with Crippen LogP contribution in [-0.2, 0) is 11.3 Å². The van der Waals surface area contributed by atoms with E-state index >= 15 is 0 Å². The number of hydrogen-bond donors (Lipinski definition) is 2. The third-order valence-electron chi connectivity index (χ3n) is 3.32. The van der Waals surface area contributed by atoms with Crippen LogP contribution in [0.15, 0.2) is 23.2 Å². The second kappa shape index (κ2) is 10.9. The SMILES string of the molecule is CN=C(NCCCOC(C)C)NCc1ccc(C)cc1OC(C)C. The van der Waals surface area contributed by atoms with E-state index < -0.39 is 0 Å². The summed E-state index contributed by atoms with van der Waals surface area (Å²) in [5, 5.41) is 6.64. The minimum atomic E-state index is 0.156. The molecule has 0 aromatic heterocycles. The lowest BCUT2D eigenvalue weighted by Gasteiger charge is -2.17. The third-order valence-corrected chi connectivity index (χ3v) is 3.32. The number of aryl methyl sites for hydroxylation is 1. The van der Waals surface area contributed by atoms with Crippen LogP contribution in [0.4, 0.5) is 0 Å². The average molecular weight is 335 g/mol. The molecule has 0 fully saturated rings. The molecule has 24 heavy (non-hydrogen) atoms. The van der Waals surface area contributed by atoms with E-state index in [-0.39, 0.29) is 12.2 Å². The fourth-order valence-corrected chi connectivity index (χ4v) is 2.17. The van der Waals surface area contributed by atoms with Gasteiger partial charge in [0.1, 0.15) is 5.75 Å². The number of nitrogens with zero attached hydrogens (tertiary/aromatic N) is 1. The van der Waals surface area contributed by atoms with Crippen LogP contribution < -0.4 is 15.4 Å². The standard InChI is InChI=1S/C19H33N3O2/c1-14(2)23-11-7-10-21-19(20-6)22-13-17-9-8-16(5)12-18(17)24-15(3)4/h8-9,12,14-15H,7,10-11,13H2,1-6H3,(H2,20,21,22). The van der Waals surface area contributed by atoms with Crippen LogP contribution in [0, 0.1) is 6.92 Å². The van der Waals surface area contributed by atoms with Gasteiger partial charge >= 0.3 is 0 Å². The van der Waals surface area contributed by atoms with E-state index in [1.807, 2.05) is 27.7 Å². The highest BCUT2D eigenvalue weighted by molar-refractivity contribution is 5.79. The van der Waals surface area contributed by atoms with Crippen LogP contribution >= 0.6 is 0 Å². The number of rotatable bonds is 9. The Bertz CT molecular complexity index is 513. The first kappa shape index (κ1) is 20.3. The van der Waals surface area contributed by atoms with E-state index in [2.05, 4.69) is 40.7 Å². The first-order valence-electron chi connectivity index (χ1n) is 8.74. The van der Waals surface area contributed by atoms with Crippen LogP contribution in [0.5, 0.6) is 5.75 Å². The molecule has 0 unspecified atom stereocenters. The predicted octanol–water partition coefficient (Wildman–Crippen LogP) is 3.26. The fourth-order valence-electron chi connectivity index (χ4n) is 2.17. The Morgan fingerprint density at radius 3 is 2.50 bits per heavy atom. The zero-order valence-corrected chi connectivity index (χ0v) is 16.0. The summed E-state index contributed by atoms with van der Waals surface area (Å²) in [6.07, 6.45) is 1.39. The summed E-state index contributed by atoms with van der Waals surface area (Å²) in [6.45, 7) is 12.5. The lowest BCUT2D eigenvalue weighted by molar-refractivity contribution is 0.0776. The highest BCUT2D eigenvalue weighted by atomic mass is 16.5. The van der Waals surface area contributed by atoms with E-state index in [0.29, 0.717) is 6.54 Å². The molecule has 0 aliphatic carbocycles. The van der Waals surface area contributed by atoms with Crippen LogP contribution in [0.25, 0.3) is 0 Å². The van der Waals surface area contributed by atoms with Crippen molar-refractivity contribution in [1.29, 1.82) is 0 Å². The molecule has 0 heterocycles. The Kier molecular flexibility index (Phi) is 9.23. The summed E-state index contributed by atoms with van der Waals surface area (Å²) >= 11 is 0. The Hall–Kier alpha value is -1.75. The van der Waals surface area contributed by atoms with Crippen LogP contribution in [0.3, 0.4) is 0 Å². The van der Waals surface area contributed by atoms with E-state index in [0.717, 1.165) is 36.8 Å². The minimum absolute atomic E-state index is 0.156. The van der Waals surface area contributed by atoms with Gasteiger partial charge in [0.15, 0.2) is 5.96 Å². The van der Waals surface area contributed by atoms with Gasteiger partial charge < -0.3 is 20.1 Å². The van der Waals surface area contributed by atoms with Gasteiger partial charge in [-0.05, 0) is 52.7 Å². The van der Waals surface area contributed by atoms with Crippen molar-refractivity contribution in [3.05, 3.63) is 29.3 Å². The predicted molar refractivity (Wildman–Crippen MR) is 101 cm³/mol. The second-order valence-corrected chi connectivity index (χ2v) is 6.40. The number of benzene rings is 1. The summed E-state index contributed by atoms with van der Waals surface area (Å²) in [4.78, 5) is 4.26. The molecule has 0 saturated heterocycles. The van der Waals surface area contributed by atoms with Gasteiger partial charge in [0.25, 0.3) is 0 Å². The first-order chi connectivity index (χ1) is 11.4. The molecule has 0 bridgehead atoms. The monoisotopic (exact) mass is 335 g/mol. The summed E-state index contributed by atoms with van der Waals surface area (Å²) < 4.78 is 11.4. The molecular formula is C19H33N3O2. The highest BCUT2D eigenvalue weighted by Gasteiger charge is 2.07. The van der Waals surface area contributed by atoms with Crippen molar-refractivity contribution in [3.63, 3.8) is 0 Å². The van der Waals surface area contributed by atoms with E-state index in [1.165, 1.54) is 5.56 Å². The van der Waals surface area contributed by atoms with Gasteiger partial charge in [0.05, 0.1) is 12.2 Å². The van der Waals surface area contributed by atoms with Crippen molar-refractivity contribution < 1.29 is 9.47 Å². The zero-order chi connectivity index (χ0) is 17.9. The zero-order valence-electron chi connectivity index (χ0n) is 16.0. The second-order valence-electron chi connectivity index (χ2n) is 6.40. The van der Waals surface area contributed by atoms with Crippen LogP contribution in [-0.4, -0.2) is 38.4 Å². The van der Waals surface area contributed by atoms with Crippen LogP contribution in [0.2, 0.25) is 0 Å².